The van der Waals surface area contributed by atoms with Gasteiger partial charge in [-0.05, 0) is 18.2 Å². The van der Waals surface area contributed by atoms with Gasteiger partial charge in [0.05, 0.1) is 17.8 Å². The van der Waals surface area contributed by atoms with E-state index in [2.05, 4.69) is 15.9 Å². The first kappa shape index (κ1) is 12.9. The number of halogens is 1. The average molecular weight is 313 g/mol. The number of rotatable bonds is 2. The standard InChI is InChI=1S/C12H13BrN2O3/c1-14-4-5-15(7-11(14)16)10-3-2-8(13)6-9(10)12(17)18/h2-3,6H,4-5,7H2,1H3,(H,17,18). The zero-order valence-electron chi connectivity index (χ0n) is 9.89. The summed E-state index contributed by atoms with van der Waals surface area (Å²) in [5.74, 6) is -0.988. The van der Waals surface area contributed by atoms with E-state index in [4.69, 9.17) is 0 Å². The van der Waals surface area contributed by atoms with Gasteiger partial charge in [-0.25, -0.2) is 4.79 Å². The zero-order chi connectivity index (χ0) is 13.3. The van der Waals surface area contributed by atoms with Gasteiger partial charge in [0.2, 0.25) is 5.91 Å². The molecule has 0 unspecified atom stereocenters. The number of amides is 1. The molecule has 18 heavy (non-hydrogen) atoms. The van der Waals surface area contributed by atoms with Crippen molar-refractivity contribution in [2.75, 3.05) is 31.6 Å². The van der Waals surface area contributed by atoms with Gasteiger partial charge in [-0.3, -0.25) is 4.79 Å². The summed E-state index contributed by atoms with van der Waals surface area (Å²) in [4.78, 5) is 26.3. The molecule has 5 nitrogen and oxygen atoms in total. The number of aromatic carboxylic acids is 1. The maximum absolute atomic E-state index is 11.7. The lowest BCUT2D eigenvalue weighted by molar-refractivity contribution is -0.129. The fraction of sp³-hybridized carbons (Fsp3) is 0.333. The highest BCUT2D eigenvalue weighted by Gasteiger charge is 2.24. The van der Waals surface area contributed by atoms with Crippen LogP contribution >= 0.6 is 15.9 Å². The molecular formula is C12H13BrN2O3. The van der Waals surface area contributed by atoms with E-state index in [1.54, 1.807) is 35.0 Å². The van der Waals surface area contributed by atoms with E-state index in [1.807, 2.05) is 0 Å². The quantitative estimate of drug-likeness (QED) is 0.897. The van der Waals surface area contributed by atoms with E-state index in [9.17, 15) is 14.7 Å². The number of hydrogen-bond acceptors (Lipinski definition) is 3. The summed E-state index contributed by atoms with van der Waals surface area (Å²) in [5, 5.41) is 9.20. The van der Waals surface area contributed by atoms with Gasteiger partial charge in [0.25, 0.3) is 0 Å². The third kappa shape index (κ3) is 2.48. The normalized spacial score (nSPS) is 16.0. The lowest BCUT2D eigenvalue weighted by Gasteiger charge is -2.34. The minimum Gasteiger partial charge on any atom is -0.478 e. The molecule has 6 heteroatoms. The minimum absolute atomic E-state index is 0.000470. The fourth-order valence-corrected chi connectivity index (χ4v) is 2.28. The van der Waals surface area contributed by atoms with Crippen molar-refractivity contribution in [3.63, 3.8) is 0 Å². The van der Waals surface area contributed by atoms with Crippen LogP contribution in [0.3, 0.4) is 0 Å². The number of hydrogen-bond donors (Lipinski definition) is 1. The molecule has 1 heterocycles. The van der Waals surface area contributed by atoms with Crippen LogP contribution in [-0.4, -0.2) is 48.6 Å². The van der Waals surface area contributed by atoms with Gasteiger partial charge < -0.3 is 14.9 Å². The van der Waals surface area contributed by atoms with Crippen LogP contribution in [0.25, 0.3) is 0 Å². The molecule has 0 spiro atoms. The van der Waals surface area contributed by atoms with Crippen LogP contribution in [0.4, 0.5) is 5.69 Å². The van der Waals surface area contributed by atoms with Gasteiger partial charge >= 0.3 is 5.97 Å². The number of anilines is 1. The van der Waals surface area contributed by atoms with Crippen LogP contribution in [0.2, 0.25) is 0 Å². The molecule has 0 aliphatic carbocycles. The Morgan fingerprint density at radius 2 is 2.11 bits per heavy atom. The van der Waals surface area contributed by atoms with Crippen LogP contribution in [0.1, 0.15) is 10.4 Å². The predicted molar refractivity (Wildman–Crippen MR) is 71.0 cm³/mol. The molecule has 1 N–H and O–H groups in total. The average Bonchev–Trinajstić information content (AvgIpc) is 2.32. The molecule has 1 amide bonds. The molecule has 1 aliphatic rings. The largest absolute Gasteiger partial charge is 0.478 e. The molecule has 1 aliphatic heterocycles. The van der Waals surface area contributed by atoms with Crippen molar-refractivity contribution in [1.29, 1.82) is 0 Å². The summed E-state index contributed by atoms with van der Waals surface area (Å²) >= 11 is 3.25. The van der Waals surface area contributed by atoms with Gasteiger partial charge in [0.1, 0.15) is 0 Å². The fourth-order valence-electron chi connectivity index (χ4n) is 1.92. The van der Waals surface area contributed by atoms with Crippen LogP contribution in [0, 0.1) is 0 Å². The summed E-state index contributed by atoms with van der Waals surface area (Å²) in [6, 6.07) is 5.07. The first-order chi connectivity index (χ1) is 8.49. The molecule has 1 aromatic rings. The second kappa shape index (κ2) is 4.97. The van der Waals surface area contributed by atoms with Crippen molar-refractivity contribution in [3.8, 4) is 0 Å². The summed E-state index contributed by atoms with van der Waals surface area (Å²) in [6.07, 6.45) is 0. The van der Waals surface area contributed by atoms with Crippen molar-refractivity contribution >= 4 is 33.5 Å². The Balaban J connectivity index is 2.33. The third-order valence-corrected chi connectivity index (χ3v) is 3.48. The van der Waals surface area contributed by atoms with Crippen LogP contribution in [-0.2, 0) is 4.79 Å². The number of carboxylic acid groups (broad SMARTS) is 1. The molecule has 96 valence electrons. The first-order valence-electron chi connectivity index (χ1n) is 5.51. The molecule has 0 bridgehead atoms. The summed E-state index contributed by atoms with van der Waals surface area (Å²) in [7, 11) is 1.75. The second-order valence-corrected chi connectivity index (χ2v) is 5.12. The topological polar surface area (TPSA) is 60.9 Å². The molecular weight excluding hydrogens is 300 g/mol. The van der Waals surface area contributed by atoms with E-state index in [1.165, 1.54) is 0 Å². The first-order valence-corrected chi connectivity index (χ1v) is 6.30. The Morgan fingerprint density at radius 3 is 2.72 bits per heavy atom. The third-order valence-electron chi connectivity index (χ3n) is 2.99. The number of carbonyl (C=O) groups is 2. The highest BCUT2D eigenvalue weighted by Crippen LogP contribution is 2.25. The van der Waals surface area contributed by atoms with Gasteiger partial charge in [0.15, 0.2) is 0 Å². The minimum atomic E-state index is -0.988. The van der Waals surface area contributed by atoms with Gasteiger partial charge in [-0.2, -0.15) is 0 Å². The van der Waals surface area contributed by atoms with Crippen molar-refractivity contribution in [2.45, 2.75) is 0 Å². The SMILES string of the molecule is CN1CCN(c2ccc(Br)cc2C(=O)O)CC1=O. The number of piperazine rings is 1. The van der Waals surface area contributed by atoms with Gasteiger partial charge in [-0.15, -0.1) is 0 Å². The van der Waals surface area contributed by atoms with Gasteiger partial charge in [-0.1, -0.05) is 15.9 Å². The van der Waals surface area contributed by atoms with E-state index in [-0.39, 0.29) is 18.0 Å². The molecule has 1 fully saturated rings. The molecule has 1 aromatic carbocycles. The Labute approximate surface area is 113 Å². The van der Waals surface area contributed by atoms with Crippen LogP contribution < -0.4 is 4.90 Å². The number of carboxylic acids is 1. The highest BCUT2D eigenvalue weighted by atomic mass is 79.9. The summed E-state index contributed by atoms with van der Waals surface area (Å²) in [5.41, 5.74) is 0.800. The van der Waals surface area contributed by atoms with Crippen molar-refractivity contribution in [3.05, 3.63) is 28.2 Å². The second-order valence-electron chi connectivity index (χ2n) is 4.20. The number of likely N-dealkylation sites (N-methyl/N-ethyl adjacent to an activating group) is 1. The van der Waals surface area contributed by atoms with Crippen LogP contribution in [0.15, 0.2) is 22.7 Å². The van der Waals surface area contributed by atoms with Crippen molar-refractivity contribution in [2.24, 2.45) is 0 Å². The molecule has 0 atom stereocenters. The Morgan fingerprint density at radius 1 is 1.39 bits per heavy atom. The molecule has 0 aromatic heterocycles. The number of benzene rings is 1. The highest BCUT2D eigenvalue weighted by molar-refractivity contribution is 9.10. The van der Waals surface area contributed by atoms with Crippen LogP contribution in [0.5, 0.6) is 0 Å². The van der Waals surface area contributed by atoms with Crippen molar-refractivity contribution in [1.82, 2.24) is 4.90 Å². The predicted octanol–water partition coefficient (Wildman–Crippen LogP) is 1.43. The summed E-state index contributed by atoms with van der Waals surface area (Å²) < 4.78 is 0.712. The van der Waals surface area contributed by atoms with Gasteiger partial charge in [0, 0.05) is 24.6 Å². The zero-order valence-corrected chi connectivity index (χ0v) is 11.5. The summed E-state index contributed by atoms with van der Waals surface area (Å²) in [6.45, 7) is 1.47. The Hall–Kier alpha value is -1.56. The molecule has 2 rings (SSSR count). The molecule has 1 saturated heterocycles. The maximum atomic E-state index is 11.7. The van der Waals surface area contributed by atoms with Crippen molar-refractivity contribution < 1.29 is 14.7 Å². The van der Waals surface area contributed by atoms with E-state index >= 15 is 0 Å². The van der Waals surface area contributed by atoms with E-state index in [0.29, 0.717) is 23.2 Å². The number of carbonyl (C=O) groups excluding carboxylic acids is 1. The molecule has 0 saturated carbocycles. The van der Waals surface area contributed by atoms with E-state index in [0.717, 1.165) is 0 Å². The lowest BCUT2D eigenvalue weighted by atomic mass is 10.1. The van der Waals surface area contributed by atoms with E-state index < -0.39 is 5.97 Å². The lowest BCUT2D eigenvalue weighted by Crippen LogP contribution is -2.49. The smallest absolute Gasteiger partial charge is 0.337 e. The maximum Gasteiger partial charge on any atom is 0.337 e. The monoisotopic (exact) mass is 312 g/mol. The number of nitrogens with zero attached hydrogens (tertiary/aromatic N) is 2. The Kier molecular flexibility index (Phi) is 3.56. The Bertz CT molecular complexity index is 504. The molecule has 0 radical (unpaired) electrons.